The fraction of sp³-hybridized carbons (Fsp3) is 0.500. The van der Waals surface area contributed by atoms with E-state index in [1.807, 2.05) is 4.90 Å². The molecule has 4 nitrogen and oxygen atoms in total. The van der Waals surface area contributed by atoms with Gasteiger partial charge in [-0.1, -0.05) is 0 Å². The van der Waals surface area contributed by atoms with E-state index in [-0.39, 0.29) is 23.6 Å². The number of Topliss-reactive ketones (excluding diaryl/α,β-unsaturated/α-hetero) is 1. The summed E-state index contributed by atoms with van der Waals surface area (Å²) in [7, 11) is 2.90. The molecule has 19 heavy (non-hydrogen) atoms. The van der Waals surface area contributed by atoms with Crippen LogP contribution >= 0.6 is 0 Å². The van der Waals surface area contributed by atoms with Crippen molar-refractivity contribution in [2.24, 2.45) is 0 Å². The standard InChI is InChI=1S/C14H18FNO3/c1-18-13-7-10(11(15)8-14(13)19-2)12(17)9-16-5-3-4-6-16/h7-8H,3-6,9H2,1-2H3. The average molecular weight is 267 g/mol. The van der Waals surface area contributed by atoms with E-state index in [2.05, 4.69) is 0 Å². The van der Waals surface area contributed by atoms with Crippen molar-refractivity contribution in [1.82, 2.24) is 4.90 Å². The summed E-state index contributed by atoms with van der Waals surface area (Å²) in [5, 5.41) is 0. The predicted molar refractivity (Wildman–Crippen MR) is 69.5 cm³/mol. The zero-order valence-corrected chi connectivity index (χ0v) is 11.2. The third-order valence-corrected chi connectivity index (χ3v) is 3.34. The Hall–Kier alpha value is -1.62. The molecule has 1 aliphatic heterocycles. The van der Waals surface area contributed by atoms with Crippen LogP contribution in [-0.2, 0) is 0 Å². The van der Waals surface area contributed by atoms with Crippen LogP contribution in [0, 0.1) is 5.82 Å². The van der Waals surface area contributed by atoms with Crippen molar-refractivity contribution in [2.45, 2.75) is 12.8 Å². The normalized spacial score (nSPS) is 15.5. The number of benzene rings is 1. The summed E-state index contributed by atoms with van der Waals surface area (Å²) in [4.78, 5) is 14.2. The topological polar surface area (TPSA) is 38.8 Å². The van der Waals surface area contributed by atoms with Crippen LogP contribution in [0.5, 0.6) is 11.5 Å². The van der Waals surface area contributed by atoms with Gasteiger partial charge in [0, 0.05) is 6.07 Å². The van der Waals surface area contributed by atoms with Crippen LogP contribution in [0.2, 0.25) is 0 Å². The van der Waals surface area contributed by atoms with Crippen LogP contribution in [0.15, 0.2) is 12.1 Å². The number of carbonyl (C=O) groups is 1. The van der Waals surface area contributed by atoms with Crippen molar-refractivity contribution in [3.63, 3.8) is 0 Å². The number of likely N-dealkylation sites (tertiary alicyclic amines) is 1. The van der Waals surface area contributed by atoms with Crippen LogP contribution < -0.4 is 9.47 Å². The number of carbonyl (C=O) groups excluding carboxylic acids is 1. The van der Waals surface area contributed by atoms with E-state index in [1.165, 1.54) is 26.4 Å². The van der Waals surface area contributed by atoms with E-state index >= 15 is 0 Å². The quantitative estimate of drug-likeness (QED) is 0.766. The van der Waals surface area contributed by atoms with Crippen molar-refractivity contribution in [2.75, 3.05) is 33.9 Å². The Morgan fingerprint density at radius 3 is 2.37 bits per heavy atom. The van der Waals surface area contributed by atoms with Gasteiger partial charge in [0.1, 0.15) is 5.82 Å². The molecule has 5 heteroatoms. The molecule has 1 aromatic rings. The maximum atomic E-state index is 13.9. The van der Waals surface area contributed by atoms with Crippen molar-refractivity contribution < 1.29 is 18.7 Å². The van der Waals surface area contributed by atoms with E-state index in [9.17, 15) is 9.18 Å². The highest BCUT2D eigenvalue weighted by atomic mass is 19.1. The first kappa shape index (κ1) is 13.8. The van der Waals surface area contributed by atoms with E-state index < -0.39 is 5.82 Å². The van der Waals surface area contributed by atoms with E-state index in [4.69, 9.17) is 9.47 Å². The Labute approximate surface area is 112 Å². The molecule has 0 atom stereocenters. The SMILES string of the molecule is COc1cc(F)c(C(=O)CN2CCCC2)cc1OC. The molecule has 0 aromatic heterocycles. The molecular weight excluding hydrogens is 249 g/mol. The van der Waals surface area contributed by atoms with Gasteiger partial charge >= 0.3 is 0 Å². The summed E-state index contributed by atoms with van der Waals surface area (Å²) < 4.78 is 24.0. The van der Waals surface area contributed by atoms with Crippen LogP contribution in [0.4, 0.5) is 4.39 Å². The lowest BCUT2D eigenvalue weighted by Crippen LogP contribution is -2.27. The maximum Gasteiger partial charge on any atom is 0.179 e. The van der Waals surface area contributed by atoms with Gasteiger partial charge in [0.2, 0.25) is 0 Å². The molecule has 0 N–H and O–H groups in total. The number of hydrogen-bond acceptors (Lipinski definition) is 4. The first-order chi connectivity index (χ1) is 9.15. The van der Waals surface area contributed by atoms with Gasteiger partial charge in [0.05, 0.1) is 26.3 Å². The Balaban J connectivity index is 2.20. The third kappa shape index (κ3) is 3.04. The summed E-state index contributed by atoms with van der Waals surface area (Å²) in [5.74, 6) is -0.131. The molecule has 2 rings (SSSR count). The van der Waals surface area contributed by atoms with Gasteiger partial charge in [-0.05, 0) is 32.0 Å². The van der Waals surface area contributed by atoms with Crippen LogP contribution in [0.3, 0.4) is 0 Å². The third-order valence-electron chi connectivity index (χ3n) is 3.34. The minimum atomic E-state index is -0.568. The zero-order chi connectivity index (χ0) is 13.8. The molecule has 1 fully saturated rings. The lowest BCUT2D eigenvalue weighted by atomic mass is 10.1. The van der Waals surface area contributed by atoms with Crippen molar-refractivity contribution >= 4 is 5.78 Å². The molecular formula is C14H18FNO3. The lowest BCUT2D eigenvalue weighted by Gasteiger charge is -2.15. The number of hydrogen-bond donors (Lipinski definition) is 0. The fourth-order valence-corrected chi connectivity index (χ4v) is 2.30. The molecule has 1 aromatic carbocycles. The number of nitrogens with zero attached hydrogens (tertiary/aromatic N) is 1. The maximum absolute atomic E-state index is 13.9. The van der Waals surface area contributed by atoms with Gasteiger partial charge < -0.3 is 9.47 Å². The van der Waals surface area contributed by atoms with Crippen molar-refractivity contribution in [3.8, 4) is 11.5 Å². The Morgan fingerprint density at radius 2 is 1.79 bits per heavy atom. The summed E-state index contributed by atoms with van der Waals surface area (Å²) in [6.07, 6.45) is 2.20. The average Bonchev–Trinajstić information content (AvgIpc) is 2.90. The molecule has 0 radical (unpaired) electrons. The highest BCUT2D eigenvalue weighted by molar-refractivity contribution is 5.98. The fourth-order valence-electron chi connectivity index (χ4n) is 2.30. The van der Waals surface area contributed by atoms with E-state index in [1.54, 1.807) is 0 Å². The number of methoxy groups -OCH3 is 2. The monoisotopic (exact) mass is 267 g/mol. The Bertz CT molecular complexity index is 470. The number of ketones is 1. The molecule has 104 valence electrons. The Kier molecular flexibility index (Phi) is 4.37. The number of rotatable bonds is 5. The highest BCUT2D eigenvalue weighted by Crippen LogP contribution is 2.30. The van der Waals surface area contributed by atoms with Crippen molar-refractivity contribution in [3.05, 3.63) is 23.5 Å². The highest BCUT2D eigenvalue weighted by Gasteiger charge is 2.21. The smallest absolute Gasteiger partial charge is 0.179 e. The predicted octanol–water partition coefficient (Wildman–Crippen LogP) is 2.12. The van der Waals surface area contributed by atoms with Crippen LogP contribution in [0.25, 0.3) is 0 Å². The van der Waals surface area contributed by atoms with Gasteiger partial charge in [-0.3, -0.25) is 9.69 Å². The van der Waals surface area contributed by atoms with Gasteiger partial charge in [-0.15, -0.1) is 0 Å². The molecule has 0 unspecified atom stereocenters. The van der Waals surface area contributed by atoms with Gasteiger partial charge in [0.25, 0.3) is 0 Å². The molecule has 0 amide bonds. The molecule has 1 saturated heterocycles. The summed E-state index contributed by atoms with van der Waals surface area (Å²) >= 11 is 0. The molecule has 0 aliphatic carbocycles. The van der Waals surface area contributed by atoms with Crippen LogP contribution in [-0.4, -0.2) is 44.5 Å². The summed E-state index contributed by atoms with van der Waals surface area (Å²) in [6, 6.07) is 2.60. The first-order valence-electron chi connectivity index (χ1n) is 6.32. The second kappa shape index (κ2) is 6.02. The zero-order valence-electron chi connectivity index (χ0n) is 11.2. The second-order valence-electron chi connectivity index (χ2n) is 4.59. The number of ether oxygens (including phenoxy) is 2. The van der Waals surface area contributed by atoms with Gasteiger partial charge in [0.15, 0.2) is 17.3 Å². The van der Waals surface area contributed by atoms with Gasteiger partial charge in [-0.25, -0.2) is 4.39 Å². The summed E-state index contributed by atoms with van der Waals surface area (Å²) in [5.41, 5.74) is 0.0598. The molecule has 1 heterocycles. The Morgan fingerprint density at radius 1 is 1.21 bits per heavy atom. The minimum Gasteiger partial charge on any atom is -0.493 e. The summed E-state index contributed by atoms with van der Waals surface area (Å²) in [6.45, 7) is 2.06. The van der Waals surface area contributed by atoms with Crippen LogP contribution in [0.1, 0.15) is 23.2 Å². The minimum absolute atomic E-state index is 0.0598. The van der Waals surface area contributed by atoms with Crippen molar-refractivity contribution in [1.29, 1.82) is 0 Å². The van der Waals surface area contributed by atoms with E-state index in [0.717, 1.165) is 25.9 Å². The van der Waals surface area contributed by atoms with Gasteiger partial charge in [-0.2, -0.15) is 0 Å². The molecule has 1 aliphatic rings. The molecule has 0 bridgehead atoms. The van der Waals surface area contributed by atoms with E-state index in [0.29, 0.717) is 5.75 Å². The first-order valence-corrected chi connectivity index (χ1v) is 6.32. The number of halogens is 1. The molecule has 0 saturated carbocycles. The molecule has 0 spiro atoms. The second-order valence-corrected chi connectivity index (χ2v) is 4.59. The largest absolute Gasteiger partial charge is 0.493 e. The lowest BCUT2D eigenvalue weighted by molar-refractivity contribution is 0.0941.